The third-order valence-corrected chi connectivity index (χ3v) is 3.55. The zero-order valence-corrected chi connectivity index (χ0v) is 11.0. The van der Waals surface area contributed by atoms with Crippen LogP contribution in [-0.2, 0) is 19.6 Å². The quantitative estimate of drug-likeness (QED) is 0.537. The van der Waals surface area contributed by atoms with E-state index in [4.69, 9.17) is 18.0 Å². The van der Waals surface area contributed by atoms with Gasteiger partial charge in [0.1, 0.15) is 22.1 Å². The number of ether oxygens (including phenoxy) is 1. The zero-order valence-electron chi connectivity index (χ0n) is 9.41. The van der Waals surface area contributed by atoms with E-state index in [9.17, 15) is 13.2 Å². The third kappa shape index (κ3) is 3.45. The Kier molecular flexibility index (Phi) is 4.70. The molecule has 0 unspecified atom stereocenters. The normalized spacial score (nSPS) is 10.9. The molecule has 0 aliphatic rings. The van der Waals surface area contributed by atoms with E-state index in [1.807, 2.05) is 0 Å². The van der Waals surface area contributed by atoms with E-state index in [2.05, 4.69) is 14.4 Å². The van der Waals surface area contributed by atoms with Crippen molar-refractivity contribution in [2.45, 2.75) is 4.90 Å². The molecule has 9 heteroatoms. The van der Waals surface area contributed by atoms with Gasteiger partial charge in [0.05, 0.1) is 7.11 Å². The molecule has 0 amide bonds. The molecule has 0 aromatic carbocycles. The number of aromatic nitrogens is 1. The lowest BCUT2D eigenvalue weighted by molar-refractivity contribution is -0.139. The van der Waals surface area contributed by atoms with Gasteiger partial charge in [-0.2, -0.15) is 4.72 Å². The van der Waals surface area contributed by atoms with Crippen LogP contribution < -0.4 is 10.5 Å². The van der Waals surface area contributed by atoms with Crippen LogP contribution in [0.25, 0.3) is 0 Å². The summed E-state index contributed by atoms with van der Waals surface area (Å²) in [5.41, 5.74) is 5.36. The largest absolute Gasteiger partial charge is 0.468 e. The van der Waals surface area contributed by atoms with Crippen molar-refractivity contribution in [3.8, 4) is 0 Å². The van der Waals surface area contributed by atoms with Gasteiger partial charge < -0.3 is 10.5 Å². The van der Waals surface area contributed by atoms with Crippen LogP contribution in [-0.4, -0.2) is 38.0 Å². The molecule has 0 bridgehead atoms. The summed E-state index contributed by atoms with van der Waals surface area (Å²) >= 11 is 4.71. The molecule has 7 nitrogen and oxygen atoms in total. The van der Waals surface area contributed by atoms with E-state index in [1.54, 1.807) is 0 Å². The van der Waals surface area contributed by atoms with Crippen LogP contribution in [0.3, 0.4) is 0 Å². The van der Waals surface area contributed by atoms with Crippen molar-refractivity contribution in [1.29, 1.82) is 0 Å². The number of esters is 1. The number of carbonyl (C=O) groups is 1. The Labute approximate surface area is 109 Å². The Morgan fingerprint density at radius 2 is 2.28 bits per heavy atom. The number of nitrogens with one attached hydrogen (secondary N) is 1. The second kappa shape index (κ2) is 5.85. The molecule has 0 radical (unpaired) electrons. The van der Waals surface area contributed by atoms with Crippen molar-refractivity contribution in [1.82, 2.24) is 9.71 Å². The van der Waals surface area contributed by atoms with E-state index in [0.717, 1.165) is 7.11 Å². The maximum Gasteiger partial charge on any atom is 0.320 e. The summed E-state index contributed by atoms with van der Waals surface area (Å²) in [4.78, 5) is 14.4. The summed E-state index contributed by atoms with van der Waals surface area (Å²) in [7, 11) is -2.77. The lowest BCUT2D eigenvalue weighted by atomic mass is 10.3. The van der Waals surface area contributed by atoms with Gasteiger partial charge in [0, 0.05) is 6.20 Å². The van der Waals surface area contributed by atoms with Gasteiger partial charge in [-0.1, -0.05) is 12.2 Å². The first kappa shape index (κ1) is 14.5. The van der Waals surface area contributed by atoms with E-state index in [1.165, 1.54) is 18.3 Å². The highest BCUT2D eigenvalue weighted by atomic mass is 32.2. The maximum atomic E-state index is 11.9. The van der Waals surface area contributed by atoms with Crippen LogP contribution in [0, 0.1) is 0 Å². The molecule has 3 N–H and O–H groups in total. The Morgan fingerprint density at radius 1 is 1.61 bits per heavy atom. The van der Waals surface area contributed by atoms with Crippen molar-refractivity contribution < 1.29 is 17.9 Å². The molecular weight excluding hydrogens is 278 g/mol. The Balaban J connectivity index is 3.05. The molecule has 0 atom stereocenters. The van der Waals surface area contributed by atoms with Gasteiger partial charge in [-0.3, -0.25) is 9.78 Å². The summed E-state index contributed by atoms with van der Waals surface area (Å²) in [5, 5.41) is 0. The Hall–Kier alpha value is -1.58. The maximum absolute atomic E-state index is 11.9. The molecule has 98 valence electrons. The number of nitrogens with two attached hydrogens (primary N) is 1. The van der Waals surface area contributed by atoms with Gasteiger partial charge in [0.15, 0.2) is 0 Å². The van der Waals surface area contributed by atoms with Crippen molar-refractivity contribution in [3.63, 3.8) is 0 Å². The molecule has 0 saturated heterocycles. The molecule has 1 aromatic rings. The van der Waals surface area contributed by atoms with Crippen molar-refractivity contribution >= 4 is 33.2 Å². The first-order chi connectivity index (χ1) is 8.38. The molecular formula is C9H11N3O4S2. The lowest BCUT2D eigenvalue weighted by Gasteiger charge is -2.08. The number of hydrogen-bond donors (Lipinski definition) is 2. The monoisotopic (exact) mass is 289 g/mol. The molecule has 1 aromatic heterocycles. The number of pyridine rings is 1. The summed E-state index contributed by atoms with van der Waals surface area (Å²) in [6.07, 6.45) is 1.37. The van der Waals surface area contributed by atoms with E-state index in [0.29, 0.717) is 0 Å². The van der Waals surface area contributed by atoms with Crippen molar-refractivity contribution in [2.75, 3.05) is 13.7 Å². The van der Waals surface area contributed by atoms with Crippen molar-refractivity contribution in [2.24, 2.45) is 5.73 Å². The molecule has 0 saturated carbocycles. The Bertz CT molecular complexity index is 571. The fraction of sp³-hybridized carbons (Fsp3) is 0.222. The predicted octanol–water partition coefficient (Wildman–Crippen LogP) is -0.833. The van der Waals surface area contributed by atoms with Crippen LogP contribution in [0.4, 0.5) is 0 Å². The topological polar surface area (TPSA) is 111 Å². The number of thiocarbonyl (C=S) groups is 1. The summed E-state index contributed by atoms with van der Waals surface area (Å²) in [6.45, 7) is -0.482. The molecule has 18 heavy (non-hydrogen) atoms. The van der Waals surface area contributed by atoms with Crippen LogP contribution in [0.15, 0.2) is 23.2 Å². The van der Waals surface area contributed by atoms with E-state index in [-0.39, 0.29) is 15.6 Å². The Morgan fingerprint density at radius 3 is 2.83 bits per heavy atom. The average Bonchev–Trinajstić information content (AvgIpc) is 2.36. The number of methoxy groups -OCH3 is 1. The SMILES string of the molecule is COC(=O)CNS(=O)(=O)c1cccnc1C(N)=S. The number of nitrogens with zero attached hydrogens (tertiary/aromatic N) is 1. The highest BCUT2D eigenvalue weighted by Crippen LogP contribution is 2.12. The van der Waals surface area contributed by atoms with Gasteiger partial charge in [-0.25, -0.2) is 8.42 Å². The van der Waals surface area contributed by atoms with Gasteiger partial charge >= 0.3 is 5.97 Å². The van der Waals surface area contributed by atoms with Gasteiger partial charge in [0.25, 0.3) is 0 Å². The van der Waals surface area contributed by atoms with Crippen molar-refractivity contribution in [3.05, 3.63) is 24.0 Å². The molecule has 0 spiro atoms. The summed E-state index contributed by atoms with van der Waals surface area (Å²) in [6, 6.07) is 2.72. The van der Waals surface area contributed by atoms with E-state index < -0.39 is 22.5 Å². The second-order valence-corrected chi connectivity index (χ2v) is 5.29. The minimum atomic E-state index is -3.92. The van der Waals surface area contributed by atoms with Gasteiger partial charge in [-0.15, -0.1) is 0 Å². The molecule has 0 aliphatic carbocycles. The minimum absolute atomic E-state index is 0.0233. The zero-order chi connectivity index (χ0) is 13.8. The van der Waals surface area contributed by atoms with Crippen LogP contribution in [0.1, 0.15) is 5.69 Å². The second-order valence-electron chi connectivity index (χ2n) is 3.12. The smallest absolute Gasteiger partial charge is 0.320 e. The number of rotatable bonds is 5. The third-order valence-electron chi connectivity index (χ3n) is 1.93. The van der Waals surface area contributed by atoms with Crippen LogP contribution in [0.5, 0.6) is 0 Å². The summed E-state index contributed by atoms with van der Waals surface area (Å²) in [5.74, 6) is -0.709. The number of hydrogen-bond acceptors (Lipinski definition) is 6. The fourth-order valence-corrected chi connectivity index (χ4v) is 2.46. The van der Waals surface area contributed by atoms with Gasteiger partial charge in [0.2, 0.25) is 10.0 Å². The van der Waals surface area contributed by atoms with E-state index >= 15 is 0 Å². The van der Waals surface area contributed by atoms with Crippen LogP contribution >= 0.6 is 12.2 Å². The molecule has 0 aliphatic heterocycles. The fourth-order valence-electron chi connectivity index (χ4n) is 1.10. The predicted molar refractivity (Wildman–Crippen MR) is 67.3 cm³/mol. The first-order valence-corrected chi connectivity index (χ1v) is 6.59. The van der Waals surface area contributed by atoms with Crippen LogP contribution in [0.2, 0.25) is 0 Å². The standard InChI is InChI=1S/C9H11N3O4S2/c1-16-7(13)5-12-18(14,15)6-3-2-4-11-8(6)9(10)17/h2-4,12H,5H2,1H3,(H2,10,17). The average molecular weight is 289 g/mol. The molecule has 1 rings (SSSR count). The molecule has 0 fully saturated rings. The number of sulfonamides is 1. The number of carbonyl (C=O) groups excluding carboxylic acids is 1. The lowest BCUT2D eigenvalue weighted by Crippen LogP contribution is -2.32. The molecule has 1 heterocycles. The highest BCUT2D eigenvalue weighted by Gasteiger charge is 2.21. The first-order valence-electron chi connectivity index (χ1n) is 4.70. The van der Waals surface area contributed by atoms with Gasteiger partial charge in [-0.05, 0) is 12.1 Å². The highest BCUT2D eigenvalue weighted by molar-refractivity contribution is 7.89. The summed E-state index contributed by atoms with van der Waals surface area (Å²) < 4.78 is 30.2. The minimum Gasteiger partial charge on any atom is -0.468 e.